The Labute approximate surface area is 181 Å². The number of nitrogens with one attached hydrogen (secondary N) is 1. The number of ether oxygens (including phenoxy) is 1. The Balaban J connectivity index is 0.00000196. The number of methoxy groups -OCH3 is 1. The van der Waals surface area contributed by atoms with Gasteiger partial charge in [-0.1, -0.05) is 30.3 Å². The minimum Gasteiger partial charge on any atom is -0.380 e. The van der Waals surface area contributed by atoms with Crippen molar-refractivity contribution in [2.75, 3.05) is 26.7 Å². The smallest absolute Gasteiger partial charge is 0.223 e. The minimum absolute atomic E-state index is 0. The molecular formula is C21H35Cl2N3O2. The average Bonchev–Trinajstić information content (AvgIpc) is 2.68. The Morgan fingerprint density at radius 1 is 1.14 bits per heavy atom. The average molecular weight is 432 g/mol. The minimum atomic E-state index is -0.0238. The van der Waals surface area contributed by atoms with E-state index in [1.807, 2.05) is 0 Å². The number of carbonyl (C=O) groups excluding carboxylic acids is 1. The highest BCUT2D eigenvalue weighted by molar-refractivity contribution is 5.85. The van der Waals surface area contributed by atoms with Gasteiger partial charge in [-0.05, 0) is 44.1 Å². The number of hydrogen-bond donors (Lipinski definition) is 2. The van der Waals surface area contributed by atoms with Gasteiger partial charge in [-0.2, -0.15) is 0 Å². The number of hydrogen-bond acceptors (Lipinski definition) is 4. The molecule has 1 saturated heterocycles. The van der Waals surface area contributed by atoms with Crippen LogP contribution in [0.4, 0.5) is 0 Å². The van der Waals surface area contributed by atoms with Crippen molar-refractivity contribution in [1.82, 2.24) is 10.2 Å². The first-order chi connectivity index (χ1) is 12.7. The van der Waals surface area contributed by atoms with Gasteiger partial charge in [-0.3, -0.25) is 4.79 Å². The summed E-state index contributed by atoms with van der Waals surface area (Å²) in [4.78, 5) is 15.1. The van der Waals surface area contributed by atoms with Crippen LogP contribution in [0, 0.1) is 5.92 Å². The monoisotopic (exact) mass is 431 g/mol. The number of carbonyl (C=O) groups is 1. The third kappa shape index (κ3) is 7.20. The van der Waals surface area contributed by atoms with Crippen LogP contribution in [0.3, 0.4) is 0 Å². The van der Waals surface area contributed by atoms with Crippen LogP contribution in [0.15, 0.2) is 30.3 Å². The Morgan fingerprint density at radius 3 is 2.43 bits per heavy atom. The van der Waals surface area contributed by atoms with Gasteiger partial charge in [0.25, 0.3) is 0 Å². The van der Waals surface area contributed by atoms with Gasteiger partial charge in [-0.15, -0.1) is 24.8 Å². The lowest BCUT2D eigenvalue weighted by molar-refractivity contribution is -0.128. The predicted molar refractivity (Wildman–Crippen MR) is 118 cm³/mol. The Bertz CT molecular complexity index is 568. The summed E-state index contributed by atoms with van der Waals surface area (Å²) in [6.45, 7) is 3.22. The van der Waals surface area contributed by atoms with E-state index in [4.69, 9.17) is 10.5 Å². The standard InChI is InChI=1S/C21H33N3O2.2ClH/c1-26-20-8-7-17(15-19(20)22)21(25)23-18-10-13-24(14-11-18)12-9-16-5-3-2-4-6-16;;/h2-6,17-20H,7-15,22H2,1H3,(H,23,25);2*1H/t17-,19+,20+;;/m0../s1. The van der Waals surface area contributed by atoms with E-state index in [0.29, 0.717) is 6.04 Å². The van der Waals surface area contributed by atoms with E-state index in [-0.39, 0.29) is 48.8 Å². The lowest BCUT2D eigenvalue weighted by Gasteiger charge is -2.35. The summed E-state index contributed by atoms with van der Waals surface area (Å²) in [5, 5.41) is 3.27. The second-order valence-electron chi connectivity index (χ2n) is 7.81. The highest BCUT2D eigenvalue weighted by Gasteiger charge is 2.33. The van der Waals surface area contributed by atoms with Crippen LogP contribution in [-0.4, -0.2) is 55.7 Å². The molecule has 1 amide bonds. The normalized spacial score (nSPS) is 26.0. The summed E-state index contributed by atoms with van der Waals surface area (Å²) in [6, 6.07) is 10.9. The SMILES string of the molecule is CO[C@@H]1CC[C@H](C(=O)NC2CCN(CCc3ccccc3)CC2)C[C@H]1N.Cl.Cl. The second kappa shape index (κ2) is 12.7. The predicted octanol–water partition coefficient (Wildman–Crippen LogP) is 2.80. The van der Waals surface area contributed by atoms with Crippen LogP contribution in [0.25, 0.3) is 0 Å². The number of nitrogens with two attached hydrogens (primary N) is 1. The van der Waals surface area contributed by atoms with Crippen molar-refractivity contribution in [3.05, 3.63) is 35.9 Å². The maximum atomic E-state index is 12.6. The molecule has 0 radical (unpaired) electrons. The summed E-state index contributed by atoms with van der Waals surface area (Å²) in [5.41, 5.74) is 7.53. The van der Waals surface area contributed by atoms with E-state index in [1.165, 1.54) is 5.56 Å². The van der Waals surface area contributed by atoms with E-state index >= 15 is 0 Å². The Hall–Kier alpha value is -0.850. The fraction of sp³-hybridized carbons (Fsp3) is 0.667. The van der Waals surface area contributed by atoms with Gasteiger partial charge in [0, 0.05) is 44.7 Å². The number of nitrogens with zero attached hydrogens (tertiary/aromatic N) is 1. The fourth-order valence-corrected chi connectivity index (χ4v) is 4.26. The van der Waals surface area contributed by atoms with E-state index in [0.717, 1.165) is 58.2 Å². The second-order valence-corrected chi connectivity index (χ2v) is 7.81. The highest BCUT2D eigenvalue weighted by Crippen LogP contribution is 2.26. The molecule has 1 aromatic rings. The largest absolute Gasteiger partial charge is 0.380 e. The molecule has 7 heteroatoms. The zero-order valence-corrected chi connectivity index (χ0v) is 18.4. The van der Waals surface area contributed by atoms with Gasteiger partial charge in [0.15, 0.2) is 0 Å². The number of benzene rings is 1. The Morgan fingerprint density at radius 2 is 1.82 bits per heavy atom. The summed E-state index contributed by atoms with van der Waals surface area (Å²) < 4.78 is 5.39. The zero-order valence-electron chi connectivity index (χ0n) is 16.7. The fourth-order valence-electron chi connectivity index (χ4n) is 4.26. The number of rotatable bonds is 6. The van der Waals surface area contributed by atoms with Gasteiger partial charge in [0.05, 0.1) is 6.10 Å². The molecule has 3 N–H and O–H groups in total. The summed E-state index contributed by atoms with van der Waals surface area (Å²) in [6.07, 6.45) is 5.78. The van der Waals surface area contributed by atoms with Crippen molar-refractivity contribution >= 4 is 30.7 Å². The molecule has 0 spiro atoms. The molecule has 1 heterocycles. The molecular weight excluding hydrogens is 397 g/mol. The van der Waals surface area contributed by atoms with Crippen LogP contribution in [0.2, 0.25) is 0 Å². The summed E-state index contributed by atoms with van der Waals surface area (Å²) in [7, 11) is 1.70. The molecule has 1 aliphatic heterocycles. The third-order valence-corrected chi connectivity index (χ3v) is 6.00. The molecule has 3 rings (SSSR count). The quantitative estimate of drug-likeness (QED) is 0.726. The van der Waals surface area contributed by atoms with Crippen molar-refractivity contribution in [3.8, 4) is 0 Å². The van der Waals surface area contributed by atoms with Crippen LogP contribution in [-0.2, 0) is 16.0 Å². The van der Waals surface area contributed by atoms with Gasteiger partial charge < -0.3 is 20.7 Å². The first-order valence-electron chi connectivity index (χ1n) is 10.0. The highest BCUT2D eigenvalue weighted by atomic mass is 35.5. The van der Waals surface area contributed by atoms with Crippen LogP contribution < -0.4 is 11.1 Å². The maximum Gasteiger partial charge on any atom is 0.223 e. The molecule has 5 nitrogen and oxygen atoms in total. The topological polar surface area (TPSA) is 67.6 Å². The summed E-state index contributed by atoms with van der Waals surface area (Å²) >= 11 is 0. The lowest BCUT2D eigenvalue weighted by Crippen LogP contribution is -2.50. The zero-order chi connectivity index (χ0) is 18.4. The first-order valence-corrected chi connectivity index (χ1v) is 10.0. The van der Waals surface area contributed by atoms with Crippen molar-refractivity contribution < 1.29 is 9.53 Å². The van der Waals surface area contributed by atoms with Gasteiger partial charge in [-0.25, -0.2) is 0 Å². The van der Waals surface area contributed by atoms with Crippen LogP contribution >= 0.6 is 24.8 Å². The van der Waals surface area contributed by atoms with Crippen molar-refractivity contribution in [2.24, 2.45) is 11.7 Å². The summed E-state index contributed by atoms with van der Waals surface area (Å²) in [5.74, 6) is 0.241. The Kier molecular flexibility index (Phi) is 11.4. The van der Waals surface area contributed by atoms with Gasteiger partial charge in [0.2, 0.25) is 5.91 Å². The molecule has 0 aromatic heterocycles. The molecule has 28 heavy (non-hydrogen) atoms. The van der Waals surface area contributed by atoms with Crippen molar-refractivity contribution in [3.63, 3.8) is 0 Å². The maximum absolute atomic E-state index is 12.6. The molecule has 1 aromatic carbocycles. The van der Waals surface area contributed by atoms with Crippen LogP contribution in [0.5, 0.6) is 0 Å². The van der Waals surface area contributed by atoms with E-state index in [2.05, 4.69) is 40.5 Å². The third-order valence-electron chi connectivity index (χ3n) is 6.00. The molecule has 2 fully saturated rings. The van der Waals surface area contributed by atoms with Crippen molar-refractivity contribution in [2.45, 2.75) is 56.7 Å². The molecule has 0 bridgehead atoms. The molecule has 1 saturated carbocycles. The number of likely N-dealkylation sites (tertiary alicyclic amines) is 1. The van der Waals surface area contributed by atoms with E-state index < -0.39 is 0 Å². The van der Waals surface area contributed by atoms with Crippen molar-refractivity contribution in [1.29, 1.82) is 0 Å². The molecule has 0 unspecified atom stereocenters. The van der Waals surface area contributed by atoms with Gasteiger partial charge in [0.1, 0.15) is 0 Å². The molecule has 3 atom stereocenters. The number of piperidine rings is 1. The van der Waals surface area contributed by atoms with Gasteiger partial charge >= 0.3 is 0 Å². The molecule has 1 aliphatic carbocycles. The number of halogens is 2. The van der Waals surface area contributed by atoms with E-state index in [9.17, 15) is 4.79 Å². The molecule has 160 valence electrons. The first kappa shape index (κ1) is 25.2. The molecule has 2 aliphatic rings. The van der Waals surface area contributed by atoms with E-state index in [1.54, 1.807) is 7.11 Å². The number of amides is 1. The lowest BCUT2D eigenvalue weighted by atomic mass is 9.83. The van der Waals surface area contributed by atoms with Crippen LogP contribution in [0.1, 0.15) is 37.7 Å².